The lowest BCUT2D eigenvalue weighted by Crippen LogP contribution is -2.35. The summed E-state index contributed by atoms with van der Waals surface area (Å²) in [6, 6.07) is 0. The Kier molecular flexibility index (Phi) is 3.18. The third-order valence-electron chi connectivity index (χ3n) is 5.04. The van der Waals surface area contributed by atoms with Crippen molar-refractivity contribution in [1.29, 1.82) is 0 Å². The van der Waals surface area contributed by atoms with Crippen molar-refractivity contribution in [2.75, 3.05) is 6.54 Å². The fraction of sp³-hybridized carbons (Fsp3) is 0.800. The molecule has 2 aliphatic rings. The fourth-order valence-corrected chi connectivity index (χ4v) is 3.52. The summed E-state index contributed by atoms with van der Waals surface area (Å²) in [5, 5.41) is 3.43. The van der Waals surface area contributed by atoms with Crippen LogP contribution in [0.5, 0.6) is 0 Å². The van der Waals surface area contributed by atoms with E-state index in [1.54, 1.807) is 0 Å². The smallest absolute Gasteiger partial charge is 0.108 e. The van der Waals surface area contributed by atoms with Crippen molar-refractivity contribution >= 4 is 0 Å². The van der Waals surface area contributed by atoms with E-state index in [0.717, 1.165) is 25.9 Å². The van der Waals surface area contributed by atoms with Crippen LogP contribution in [0.2, 0.25) is 0 Å². The lowest BCUT2D eigenvalue weighted by atomic mass is 9.67. The van der Waals surface area contributed by atoms with Gasteiger partial charge >= 0.3 is 0 Å². The average Bonchev–Trinajstić information content (AvgIpc) is 2.71. The first-order chi connectivity index (χ1) is 8.78. The molecule has 0 bridgehead atoms. The molecule has 1 fully saturated rings. The normalized spacial score (nSPS) is 21.4. The highest BCUT2D eigenvalue weighted by atomic mass is 15.1. The molecule has 3 heteroatoms. The van der Waals surface area contributed by atoms with Crippen LogP contribution in [-0.4, -0.2) is 16.1 Å². The van der Waals surface area contributed by atoms with E-state index in [1.165, 1.54) is 49.4 Å². The van der Waals surface area contributed by atoms with Gasteiger partial charge in [-0.15, -0.1) is 0 Å². The van der Waals surface area contributed by atoms with Gasteiger partial charge in [0.2, 0.25) is 0 Å². The molecule has 0 aromatic carbocycles. The second-order valence-corrected chi connectivity index (χ2v) is 6.00. The van der Waals surface area contributed by atoms with E-state index in [-0.39, 0.29) is 0 Å². The summed E-state index contributed by atoms with van der Waals surface area (Å²) in [6.07, 6.45) is 7.79. The number of aromatic nitrogens is 2. The van der Waals surface area contributed by atoms with Gasteiger partial charge in [-0.1, -0.05) is 20.3 Å². The van der Waals surface area contributed by atoms with Crippen LogP contribution in [0.3, 0.4) is 0 Å². The minimum absolute atomic E-state index is 0.587. The Balaban J connectivity index is 1.92. The molecule has 1 saturated carbocycles. The van der Waals surface area contributed by atoms with Gasteiger partial charge in [-0.25, -0.2) is 4.98 Å². The summed E-state index contributed by atoms with van der Waals surface area (Å²) < 4.78 is 2.57. The summed E-state index contributed by atoms with van der Waals surface area (Å²) in [4.78, 5) is 4.85. The SMILES string of the molecule is CCc1nc2c(n1CC1(CC)CCC1)CCNC2. The standard InChI is InChI=1S/C15H25N3/c1-3-14-17-12-10-16-9-6-13(12)18(14)11-15(4-2)7-5-8-15/h16H,3-11H2,1-2H3. The highest BCUT2D eigenvalue weighted by Crippen LogP contribution is 2.45. The van der Waals surface area contributed by atoms with Crippen molar-refractivity contribution in [3.05, 3.63) is 17.2 Å². The van der Waals surface area contributed by atoms with E-state index < -0.39 is 0 Å². The van der Waals surface area contributed by atoms with Crippen LogP contribution in [-0.2, 0) is 25.9 Å². The number of fused-ring (bicyclic) bond motifs is 1. The number of aryl methyl sites for hydroxylation is 1. The van der Waals surface area contributed by atoms with Crippen LogP contribution in [0.4, 0.5) is 0 Å². The second-order valence-electron chi connectivity index (χ2n) is 6.00. The van der Waals surface area contributed by atoms with Crippen molar-refractivity contribution in [2.45, 2.75) is 65.5 Å². The van der Waals surface area contributed by atoms with Crippen LogP contribution < -0.4 is 5.32 Å². The zero-order chi connectivity index (χ0) is 12.6. The van der Waals surface area contributed by atoms with E-state index in [0.29, 0.717) is 5.41 Å². The summed E-state index contributed by atoms with van der Waals surface area (Å²) in [5.74, 6) is 1.31. The van der Waals surface area contributed by atoms with Gasteiger partial charge in [-0.3, -0.25) is 0 Å². The van der Waals surface area contributed by atoms with Crippen molar-refractivity contribution in [2.24, 2.45) is 5.41 Å². The number of hydrogen-bond acceptors (Lipinski definition) is 2. The zero-order valence-electron chi connectivity index (χ0n) is 11.8. The fourth-order valence-electron chi connectivity index (χ4n) is 3.52. The van der Waals surface area contributed by atoms with Crippen molar-refractivity contribution in [3.63, 3.8) is 0 Å². The lowest BCUT2D eigenvalue weighted by molar-refractivity contribution is 0.0978. The molecule has 18 heavy (non-hydrogen) atoms. The summed E-state index contributed by atoms with van der Waals surface area (Å²) in [7, 11) is 0. The Morgan fingerprint density at radius 2 is 2.17 bits per heavy atom. The van der Waals surface area contributed by atoms with Crippen LogP contribution in [0, 0.1) is 5.41 Å². The monoisotopic (exact) mass is 247 g/mol. The first-order valence-electron chi connectivity index (χ1n) is 7.56. The molecule has 0 unspecified atom stereocenters. The highest BCUT2D eigenvalue weighted by molar-refractivity contribution is 5.21. The summed E-state index contributed by atoms with van der Waals surface area (Å²) in [6.45, 7) is 7.89. The van der Waals surface area contributed by atoms with Crippen LogP contribution >= 0.6 is 0 Å². The molecule has 0 radical (unpaired) electrons. The quantitative estimate of drug-likeness (QED) is 0.886. The Bertz CT molecular complexity index is 424. The van der Waals surface area contributed by atoms with Crippen molar-refractivity contribution in [3.8, 4) is 0 Å². The van der Waals surface area contributed by atoms with Gasteiger partial charge in [0, 0.05) is 38.2 Å². The number of nitrogens with zero attached hydrogens (tertiary/aromatic N) is 2. The largest absolute Gasteiger partial charge is 0.331 e. The lowest BCUT2D eigenvalue weighted by Gasteiger charge is -2.42. The van der Waals surface area contributed by atoms with Crippen LogP contribution in [0.1, 0.15) is 56.7 Å². The number of rotatable bonds is 4. The molecule has 0 spiro atoms. The molecule has 1 aromatic heterocycles. The topological polar surface area (TPSA) is 29.9 Å². The molecule has 2 heterocycles. The third kappa shape index (κ3) is 1.89. The highest BCUT2D eigenvalue weighted by Gasteiger charge is 2.36. The summed E-state index contributed by atoms with van der Waals surface area (Å²) in [5.41, 5.74) is 3.41. The van der Waals surface area contributed by atoms with Gasteiger partial charge in [0.05, 0.1) is 5.69 Å². The van der Waals surface area contributed by atoms with Gasteiger partial charge < -0.3 is 9.88 Å². The predicted molar refractivity (Wildman–Crippen MR) is 73.6 cm³/mol. The van der Waals surface area contributed by atoms with Gasteiger partial charge in [-0.2, -0.15) is 0 Å². The molecule has 1 aliphatic heterocycles. The molecule has 0 saturated heterocycles. The third-order valence-corrected chi connectivity index (χ3v) is 5.04. The molecule has 0 atom stereocenters. The Morgan fingerprint density at radius 3 is 2.78 bits per heavy atom. The van der Waals surface area contributed by atoms with E-state index in [9.17, 15) is 0 Å². The average molecular weight is 247 g/mol. The van der Waals surface area contributed by atoms with Gasteiger partial charge in [0.15, 0.2) is 0 Å². The molecule has 1 aromatic rings. The molecule has 100 valence electrons. The maximum Gasteiger partial charge on any atom is 0.108 e. The maximum absolute atomic E-state index is 4.85. The van der Waals surface area contributed by atoms with Crippen molar-refractivity contribution < 1.29 is 0 Å². The second kappa shape index (κ2) is 4.69. The number of imidazole rings is 1. The van der Waals surface area contributed by atoms with E-state index >= 15 is 0 Å². The molecule has 3 nitrogen and oxygen atoms in total. The van der Waals surface area contributed by atoms with E-state index in [1.807, 2.05) is 0 Å². The van der Waals surface area contributed by atoms with Crippen LogP contribution in [0.15, 0.2) is 0 Å². The summed E-state index contributed by atoms with van der Waals surface area (Å²) >= 11 is 0. The molecule has 1 N–H and O–H groups in total. The predicted octanol–water partition coefficient (Wildman–Crippen LogP) is 2.67. The molecule has 1 aliphatic carbocycles. The van der Waals surface area contributed by atoms with Gasteiger partial charge in [-0.05, 0) is 24.7 Å². The maximum atomic E-state index is 4.85. The molecular weight excluding hydrogens is 222 g/mol. The van der Waals surface area contributed by atoms with Crippen molar-refractivity contribution in [1.82, 2.24) is 14.9 Å². The van der Waals surface area contributed by atoms with E-state index in [2.05, 4.69) is 23.7 Å². The zero-order valence-corrected chi connectivity index (χ0v) is 11.8. The minimum atomic E-state index is 0.587. The Hall–Kier alpha value is -0.830. The first kappa shape index (κ1) is 12.2. The van der Waals surface area contributed by atoms with E-state index in [4.69, 9.17) is 4.98 Å². The molecule has 0 amide bonds. The minimum Gasteiger partial charge on any atom is -0.331 e. The van der Waals surface area contributed by atoms with Gasteiger partial charge in [0.1, 0.15) is 5.82 Å². The number of hydrogen-bond donors (Lipinski definition) is 1. The Labute approximate surface area is 110 Å². The molecule has 3 rings (SSSR count). The number of nitrogens with one attached hydrogen (secondary N) is 1. The van der Waals surface area contributed by atoms with Gasteiger partial charge in [0.25, 0.3) is 0 Å². The Morgan fingerprint density at radius 1 is 1.33 bits per heavy atom. The molecular formula is C15H25N3. The first-order valence-corrected chi connectivity index (χ1v) is 7.56. The van der Waals surface area contributed by atoms with Crippen LogP contribution in [0.25, 0.3) is 0 Å².